The molecule has 0 aliphatic rings. The summed E-state index contributed by atoms with van der Waals surface area (Å²) >= 11 is 0. The Kier molecular flexibility index (Phi) is 4.29. The van der Waals surface area contributed by atoms with Crippen molar-refractivity contribution in [2.75, 3.05) is 12.8 Å². The molecule has 0 bridgehead atoms. The van der Waals surface area contributed by atoms with E-state index >= 15 is 0 Å². The number of nitrogen functional groups attached to an aromatic ring is 1. The fourth-order valence-corrected chi connectivity index (χ4v) is 1.87. The van der Waals surface area contributed by atoms with Crippen molar-refractivity contribution in [1.82, 2.24) is 20.2 Å². The van der Waals surface area contributed by atoms with Gasteiger partial charge < -0.3 is 10.5 Å². The first-order valence-electron chi connectivity index (χ1n) is 6.17. The van der Waals surface area contributed by atoms with Crippen LogP contribution in [0.2, 0.25) is 0 Å². The minimum atomic E-state index is -4.19. The maximum absolute atomic E-state index is 12.2. The zero-order chi connectivity index (χ0) is 15.5. The molecule has 0 radical (unpaired) electrons. The van der Waals surface area contributed by atoms with Crippen LogP contribution in [-0.4, -0.2) is 33.5 Å². The summed E-state index contributed by atoms with van der Waals surface area (Å²) in [6, 6.07) is 4.91. The van der Waals surface area contributed by atoms with Crippen LogP contribution in [-0.2, 0) is 6.54 Å². The molecule has 0 amide bonds. The number of ether oxygens (including phenoxy) is 1. The number of benzene rings is 1. The van der Waals surface area contributed by atoms with Crippen LogP contribution in [0.4, 0.5) is 18.9 Å². The summed E-state index contributed by atoms with van der Waals surface area (Å²) in [4.78, 5) is 0. The molecule has 0 fully saturated rings. The zero-order valence-corrected chi connectivity index (χ0v) is 11.3. The van der Waals surface area contributed by atoms with Gasteiger partial charge in [-0.1, -0.05) is 0 Å². The SMILES string of the molecule is COc1cc(N)ccc1-c1nnnn1CCCC(F)(F)F. The number of alkyl halides is 3. The number of hydrogen-bond donors (Lipinski definition) is 1. The van der Waals surface area contributed by atoms with Gasteiger partial charge in [0.2, 0.25) is 0 Å². The van der Waals surface area contributed by atoms with Gasteiger partial charge in [0, 0.05) is 24.7 Å². The van der Waals surface area contributed by atoms with Crippen LogP contribution in [0.3, 0.4) is 0 Å². The number of nitrogens with two attached hydrogens (primary N) is 1. The number of nitrogens with zero attached hydrogens (tertiary/aromatic N) is 4. The Morgan fingerprint density at radius 3 is 2.76 bits per heavy atom. The van der Waals surface area contributed by atoms with Gasteiger partial charge in [-0.05, 0) is 29.0 Å². The Labute approximate surface area is 118 Å². The number of methoxy groups -OCH3 is 1. The summed E-state index contributed by atoms with van der Waals surface area (Å²) in [5, 5.41) is 11.1. The van der Waals surface area contributed by atoms with E-state index in [4.69, 9.17) is 10.5 Å². The monoisotopic (exact) mass is 301 g/mol. The number of aryl methyl sites for hydroxylation is 1. The van der Waals surface area contributed by atoms with Crippen LogP contribution in [0.5, 0.6) is 5.75 Å². The summed E-state index contributed by atoms with van der Waals surface area (Å²) in [7, 11) is 1.47. The first kappa shape index (κ1) is 15.1. The van der Waals surface area contributed by atoms with Crippen LogP contribution in [0.25, 0.3) is 11.4 Å². The average molecular weight is 301 g/mol. The van der Waals surface area contributed by atoms with Gasteiger partial charge in [-0.25, -0.2) is 4.68 Å². The maximum atomic E-state index is 12.2. The van der Waals surface area contributed by atoms with E-state index in [9.17, 15) is 13.2 Å². The van der Waals surface area contributed by atoms with E-state index in [1.807, 2.05) is 0 Å². The molecule has 1 aromatic carbocycles. The smallest absolute Gasteiger partial charge is 0.389 e. The average Bonchev–Trinajstić information content (AvgIpc) is 2.85. The largest absolute Gasteiger partial charge is 0.496 e. The molecule has 0 atom stereocenters. The van der Waals surface area contributed by atoms with E-state index in [0.717, 1.165) is 0 Å². The van der Waals surface area contributed by atoms with E-state index in [1.165, 1.54) is 11.8 Å². The van der Waals surface area contributed by atoms with Crippen molar-refractivity contribution < 1.29 is 17.9 Å². The lowest BCUT2D eigenvalue weighted by molar-refractivity contribution is -0.136. The molecule has 2 aromatic rings. The predicted molar refractivity (Wildman–Crippen MR) is 69.5 cm³/mol. The molecule has 2 rings (SSSR count). The normalized spacial score (nSPS) is 11.6. The van der Waals surface area contributed by atoms with E-state index in [-0.39, 0.29) is 13.0 Å². The van der Waals surface area contributed by atoms with E-state index in [2.05, 4.69) is 15.5 Å². The quantitative estimate of drug-likeness (QED) is 0.857. The zero-order valence-electron chi connectivity index (χ0n) is 11.3. The number of hydrogen-bond acceptors (Lipinski definition) is 5. The fraction of sp³-hybridized carbons (Fsp3) is 0.417. The van der Waals surface area contributed by atoms with Crippen molar-refractivity contribution >= 4 is 5.69 Å². The van der Waals surface area contributed by atoms with Gasteiger partial charge >= 0.3 is 6.18 Å². The molecule has 1 heterocycles. The second-order valence-corrected chi connectivity index (χ2v) is 4.40. The molecule has 114 valence electrons. The van der Waals surface area contributed by atoms with Gasteiger partial charge in [-0.2, -0.15) is 13.2 Å². The Balaban J connectivity index is 2.20. The predicted octanol–water partition coefficient (Wildman–Crippen LogP) is 2.27. The summed E-state index contributed by atoms with van der Waals surface area (Å²) in [6.45, 7) is 0.0649. The Morgan fingerprint density at radius 2 is 2.10 bits per heavy atom. The molecule has 2 N–H and O–H groups in total. The van der Waals surface area contributed by atoms with Gasteiger partial charge in [-0.3, -0.25) is 0 Å². The highest BCUT2D eigenvalue weighted by atomic mass is 19.4. The summed E-state index contributed by atoms with van der Waals surface area (Å²) in [5.41, 5.74) is 6.74. The molecule has 9 heteroatoms. The summed E-state index contributed by atoms with van der Waals surface area (Å²) < 4.78 is 43.0. The van der Waals surface area contributed by atoms with Gasteiger partial charge in [-0.15, -0.1) is 5.10 Å². The third kappa shape index (κ3) is 3.83. The lowest BCUT2D eigenvalue weighted by atomic mass is 10.1. The molecule has 21 heavy (non-hydrogen) atoms. The van der Waals surface area contributed by atoms with Gasteiger partial charge in [0.1, 0.15) is 5.75 Å². The number of anilines is 1. The Hall–Kier alpha value is -2.32. The third-order valence-electron chi connectivity index (χ3n) is 2.83. The molecule has 0 saturated heterocycles. The van der Waals surface area contributed by atoms with Gasteiger partial charge in [0.15, 0.2) is 5.82 Å². The molecule has 0 saturated carbocycles. The van der Waals surface area contributed by atoms with E-state index in [0.29, 0.717) is 22.8 Å². The van der Waals surface area contributed by atoms with E-state index < -0.39 is 12.6 Å². The van der Waals surface area contributed by atoms with Crippen LogP contribution >= 0.6 is 0 Å². The molecule has 1 aromatic heterocycles. The van der Waals surface area contributed by atoms with Crippen molar-refractivity contribution in [3.05, 3.63) is 18.2 Å². The van der Waals surface area contributed by atoms with Crippen LogP contribution in [0, 0.1) is 0 Å². The summed E-state index contributed by atoms with van der Waals surface area (Å²) in [5.74, 6) is 0.802. The van der Waals surface area contributed by atoms with Crippen LogP contribution < -0.4 is 10.5 Å². The number of aromatic nitrogens is 4. The first-order chi connectivity index (χ1) is 9.90. The number of tetrazole rings is 1. The van der Waals surface area contributed by atoms with Crippen molar-refractivity contribution in [2.24, 2.45) is 0 Å². The van der Waals surface area contributed by atoms with Crippen molar-refractivity contribution in [3.63, 3.8) is 0 Å². The minimum absolute atomic E-state index is 0.0649. The first-order valence-corrected chi connectivity index (χ1v) is 6.17. The molecule has 6 nitrogen and oxygen atoms in total. The Morgan fingerprint density at radius 1 is 1.33 bits per heavy atom. The minimum Gasteiger partial charge on any atom is -0.496 e. The van der Waals surface area contributed by atoms with Crippen molar-refractivity contribution in [1.29, 1.82) is 0 Å². The van der Waals surface area contributed by atoms with Crippen molar-refractivity contribution in [2.45, 2.75) is 25.6 Å². The topological polar surface area (TPSA) is 78.8 Å². The number of rotatable bonds is 5. The van der Waals surface area contributed by atoms with Gasteiger partial charge in [0.05, 0.1) is 12.7 Å². The molecule has 0 aliphatic carbocycles. The van der Waals surface area contributed by atoms with E-state index in [1.54, 1.807) is 18.2 Å². The highest BCUT2D eigenvalue weighted by Crippen LogP contribution is 2.30. The number of halogens is 3. The lowest BCUT2D eigenvalue weighted by Crippen LogP contribution is -2.11. The molecular formula is C12H14F3N5O. The van der Waals surface area contributed by atoms with Crippen LogP contribution in [0.1, 0.15) is 12.8 Å². The third-order valence-corrected chi connectivity index (χ3v) is 2.83. The molecule has 0 unspecified atom stereocenters. The molecule has 0 aliphatic heterocycles. The fourth-order valence-electron chi connectivity index (χ4n) is 1.87. The Bertz CT molecular complexity index is 611. The standard InChI is InChI=1S/C12H14F3N5O/c1-21-10-7-8(16)3-4-9(10)11-17-18-19-20(11)6-2-5-12(13,14)15/h3-4,7H,2,5-6,16H2,1H3. The van der Waals surface area contributed by atoms with Crippen molar-refractivity contribution in [3.8, 4) is 17.1 Å². The second-order valence-electron chi connectivity index (χ2n) is 4.40. The highest BCUT2D eigenvalue weighted by molar-refractivity contribution is 5.67. The second kappa shape index (κ2) is 5.98. The molecule has 0 spiro atoms. The van der Waals surface area contributed by atoms with Gasteiger partial charge in [0.25, 0.3) is 0 Å². The highest BCUT2D eigenvalue weighted by Gasteiger charge is 2.26. The maximum Gasteiger partial charge on any atom is 0.389 e. The molecular weight excluding hydrogens is 287 g/mol. The lowest BCUT2D eigenvalue weighted by Gasteiger charge is -2.10. The summed E-state index contributed by atoms with van der Waals surface area (Å²) in [6.07, 6.45) is -5.17. The van der Waals surface area contributed by atoms with Crippen LogP contribution in [0.15, 0.2) is 18.2 Å².